The van der Waals surface area contributed by atoms with Crippen LogP contribution in [0.3, 0.4) is 0 Å². The summed E-state index contributed by atoms with van der Waals surface area (Å²) in [6.07, 6.45) is 5.37. The van der Waals surface area contributed by atoms with Gasteiger partial charge in [-0.05, 0) is 32.1 Å². The zero-order valence-corrected chi connectivity index (χ0v) is 13.7. The summed E-state index contributed by atoms with van der Waals surface area (Å²) in [7, 11) is 3.63. The molecule has 0 aliphatic heterocycles. The second kappa shape index (κ2) is 6.47. The van der Waals surface area contributed by atoms with Crippen molar-refractivity contribution in [2.75, 3.05) is 20.4 Å². The summed E-state index contributed by atoms with van der Waals surface area (Å²) < 4.78 is 1.67. The monoisotopic (exact) mass is 307 g/mol. The summed E-state index contributed by atoms with van der Waals surface area (Å²) in [5.41, 5.74) is 1.55. The molecule has 1 aromatic rings. The molecule has 1 heterocycles. The van der Waals surface area contributed by atoms with Crippen LogP contribution in [0, 0.1) is 12.8 Å². The van der Waals surface area contributed by atoms with Crippen LogP contribution < -0.4 is 0 Å². The van der Waals surface area contributed by atoms with Crippen LogP contribution in [-0.4, -0.2) is 46.6 Å². The van der Waals surface area contributed by atoms with E-state index in [0.717, 1.165) is 18.5 Å². The lowest BCUT2D eigenvalue weighted by Crippen LogP contribution is -2.21. The Morgan fingerprint density at radius 1 is 1.48 bits per heavy atom. The minimum absolute atomic E-state index is 0.0261. The molecular weight excluding hydrogens is 286 g/mol. The molecule has 5 nitrogen and oxygen atoms in total. The molecule has 0 bridgehead atoms. The van der Waals surface area contributed by atoms with Gasteiger partial charge in [0.1, 0.15) is 5.69 Å². The van der Waals surface area contributed by atoms with Crippen LogP contribution in [0.15, 0.2) is 17.8 Å². The number of allylic oxidation sites excluding steroid dienone is 1. The van der Waals surface area contributed by atoms with Crippen LogP contribution in [0.1, 0.15) is 29.0 Å². The van der Waals surface area contributed by atoms with Crippen molar-refractivity contribution in [3.05, 3.63) is 29.2 Å². The van der Waals surface area contributed by atoms with Gasteiger partial charge < -0.3 is 4.90 Å². The highest BCUT2D eigenvalue weighted by Gasteiger charge is 2.35. The van der Waals surface area contributed by atoms with E-state index in [9.17, 15) is 9.59 Å². The number of aromatic nitrogens is 2. The van der Waals surface area contributed by atoms with Crippen molar-refractivity contribution in [1.29, 1.82) is 0 Å². The normalized spacial score (nSPS) is 15.1. The molecule has 1 saturated carbocycles. The smallest absolute Gasteiger partial charge is 0.216 e. The van der Waals surface area contributed by atoms with Gasteiger partial charge in [-0.25, -0.2) is 0 Å². The van der Waals surface area contributed by atoms with Gasteiger partial charge in [-0.15, -0.1) is 11.8 Å². The molecule has 1 aliphatic carbocycles. The number of hydrogen-bond acceptors (Lipinski definition) is 5. The number of hydrogen-bond donors (Lipinski definition) is 0. The Balaban J connectivity index is 2.36. The van der Waals surface area contributed by atoms with Crippen molar-refractivity contribution in [1.82, 2.24) is 14.7 Å². The average molecular weight is 307 g/mol. The highest BCUT2D eigenvalue weighted by molar-refractivity contribution is 7.97. The largest absolute Gasteiger partial charge is 0.383 e. The van der Waals surface area contributed by atoms with Gasteiger partial charge in [0.15, 0.2) is 5.78 Å². The van der Waals surface area contributed by atoms with Crippen molar-refractivity contribution >= 4 is 23.3 Å². The third-order valence-electron chi connectivity index (χ3n) is 3.23. The van der Waals surface area contributed by atoms with Gasteiger partial charge in [0.25, 0.3) is 0 Å². The third kappa shape index (κ3) is 3.75. The van der Waals surface area contributed by atoms with Gasteiger partial charge >= 0.3 is 0 Å². The highest BCUT2D eigenvalue weighted by Crippen LogP contribution is 2.33. The van der Waals surface area contributed by atoms with Crippen LogP contribution in [0.2, 0.25) is 0 Å². The van der Waals surface area contributed by atoms with Crippen LogP contribution in [-0.2, 0) is 10.7 Å². The summed E-state index contributed by atoms with van der Waals surface area (Å²) >= 11 is 1.59. The molecule has 0 aromatic carbocycles. The Labute approximate surface area is 129 Å². The SMILES string of the molecule is CSCn1nc(C)cc1C(=O)C(=CN(C)C)C(=O)C1CC1. The molecule has 1 aromatic heterocycles. The Morgan fingerprint density at radius 3 is 2.67 bits per heavy atom. The summed E-state index contributed by atoms with van der Waals surface area (Å²) in [6.45, 7) is 1.85. The Hall–Kier alpha value is -1.56. The van der Waals surface area contributed by atoms with Crippen LogP contribution in [0.5, 0.6) is 0 Å². The Kier molecular flexibility index (Phi) is 4.88. The van der Waals surface area contributed by atoms with E-state index in [1.165, 1.54) is 0 Å². The lowest BCUT2D eigenvalue weighted by molar-refractivity contribution is -0.116. The van der Waals surface area contributed by atoms with Crippen LogP contribution in [0.4, 0.5) is 0 Å². The van der Waals surface area contributed by atoms with Crippen LogP contribution >= 0.6 is 11.8 Å². The fraction of sp³-hybridized carbons (Fsp3) is 0.533. The van der Waals surface area contributed by atoms with E-state index in [4.69, 9.17) is 0 Å². The molecule has 1 aliphatic rings. The first kappa shape index (κ1) is 15.8. The predicted octanol–water partition coefficient (Wildman–Crippen LogP) is 2.12. The molecule has 6 heteroatoms. The molecule has 2 rings (SSSR count). The van der Waals surface area contributed by atoms with Crippen molar-refractivity contribution in [3.8, 4) is 0 Å². The van der Waals surface area contributed by atoms with Crippen molar-refractivity contribution < 1.29 is 9.59 Å². The minimum atomic E-state index is -0.227. The van der Waals surface area contributed by atoms with E-state index >= 15 is 0 Å². The van der Waals surface area contributed by atoms with E-state index in [-0.39, 0.29) is 23.1 Å². The van der Waals surface area contributed by atoms with Gasteiger partial charge in [-0.2, -0.15) is 5.10 Å². The maximum atomic E-state index is 12.8. The fourth-order valence-corrected chi connectivity index (χ4v) is 2.59. The first-order valence-electron chi connectivity index (χ1n) is 6.94. The number of rotatable bonds is 7. The molecular formula is C15H21N3O2S. The standard InChI is InChI=1S/C15H21N3O2S/c1-10-7-13(18(16-10)9-21-4)15(20)12(8-17(2)3)14(19)11-5-6-11/h7-8,11H,5-6,9H2,1-4H3. The van der Waals surface area contributed by atoms with Crippen molar-refractivity contribution in [2.24, 2.45) is 5.92 Å². The summed E-state index contributed by atoms with van der Waals surface area (Å²) in [5.74, 6) is 0.360. The average Bonchev–Trinajstić information content (AvgIpc) is 3.19. The zero-order valence-electron chi connectivity index (χ0n) is 12.9. The van der Waals surface area contributed by atoms with E-state index in [0.29, 0.717) is 11.6 Å². The molecule has 0 spiro atoms. The molecule has 114 valence electrons. The van der Waals surface area contributed by atoms with Gasteiger partial charge in [-0.1, -0.05) is 0 Å². The fourth-order valence-electron chi connectivity index (χ4n) is 2.14. The molecule has 0 amide bonds. The van der Waals surface area contributed by atoms with Crippen LogP contribution in [0.25, 0.3) is 0 Å². The van der Waals surface area contributed by atoms with Crippen molar-refractivity contribution in [3.63, 3.8) is 0 Å². The van der Waals surface area contributed by atoms with E-state index < -0.39 is 0 Å². The molecule has 1 fully saturated rings. The molecule has 0 atom stereocenters. The van der Waals surface area contributed by atoms with E-state index in [2.05, 4.69) is 5.10 Å². The van der Waals surface area contributed by atoms with Gasteiger partial charge in [0.2, 0.25) is 5.78 Å². The maximum absolute atomic E-state index is 12.8. The Morgan fingerprint density at radius 2 is 2.14 bits per heavy atom. The van der Waals surface area contributed by atoms with Crippen molar-refractivity contribution in [2.45, 2.75) is 25.6 Å². The number of Topliss-reactive ketones (excluding diaryl/α,β-unsaturated/α-hetero) is 2. The quantitative estimate of drug-likeness (QED) is 0.334. The summed E-state index contributed by atoms with van der Waals surface area (Å²) in [5, 5.41) is 4.33. The van der Waals surface area contributed by atoms with Gasteiger partial charge in [0, 0.05) is 26.2 Å². The summed E-state index contributed by atoms with van der Waals surface area (Å²) in [6, 6.07) is 1.75. The number of carbonyl (C=O) groups is 2. The maximum Gasteiger partial charge on any atom is 0.216 e. The number of carbonyl (C=O) groups excluding carboxylic acids is 2. The second-order valence-corrected chi connectivity index (χ2v) is 6.40. The molecule has 0 unspecified atom stereocenters. The molecule has 21 heavy (non-hydrogen) atoms. The number of thioether (sulfide) groups is 1. The zero-order chi connectivity index (χ0) is 15.6. The van der Waals surface area contributed by atoms with E-state index in [1.54, 1.807) is 33.6 Å². The first-order valence-corrected chi connectivity index (χ1v) is 8.34. The number of aryl methyl sites for hydroxylation is 1. The van der Waals surface area contributed by atoms with E-state index in [1.807, 2.05) is 27.3 Å². The molecule has 0 saturated heterocycles. The summed E-state index contributed by atoms with van der Waals surface area (Å²) in [4.78, 5) is 26.9. The lowest BCUT2D eigenvalue weighted by atomic mass is 10.0. The Bertz CT molecular complexity index is 586. The number of ketones is 2. The minimum Gasteiger partial charge on any atom is -0.383 e. The molecule has 0 N–H and O–H groups in total. The molecule has 0 radical (unpaired) electrons. The van der Waals surface area contributed by atoms with Gasteiger partial charge in [0.05, 0.1) is 17.1 Å². The third-order valence-corrected chi connectivity index (χ3v) is 3.73. The highest BCUT2D eigenvalue weighted by atomic mass is 32.2. The predicted molar refractivity (Wildman–Crippen MR) is 84.3 cm³/mol. The number of nitrogens with zero attached hydrogens (tertiary/aromatic N) is 3. The first-order chi connectivity index (χ1) is 9.93. The lowest BCUT2D eigenvalue weighted by Gasteiger charge is -2.11. The van der Waals surface area contributed by atoms with Gasteiger partial charge in [-0.3, -0.25) is 14.3 Å². The topological polar surface area (TPSA) is 55.2 Å². The second-order valence-electron chi connectivity index (χ2n) is 5.56.